The van der Waals surface area contributed by atoms with Crippen LogP contribution in [0.1, 0.15) is 34.1 Å². The molecule has 1 saturated heterocycles. The van der Waals surface area contributed by atoms with Gasteiger partial charge in [-0.1, -0.05) is 23.8 Å². The molecule has 6 nitrogen and oxygen atoms in total. The Kier molecular flexibility index (Phi) is 4.76. The molecule has 1 aliphatic rings. The molecular formula is C23H20N2O4. The summed E-state index contributed by atoms with van der Waals surface area (Å²) >= 11 is 0. The van der Waals surface area contributed by atoms with Gasteiger partial charge >= 0.3 is 0 Å². The van der Waals surface area contributed by atoms with Crippen molar-refractivity contribution in [2.24, 2.45) is 0 Å². The van der Waals surface area contributed by atoms with E-state index in [0.29, 0.717) is 16.9 Å². The second kappa shape index (κ2) is 7.39. The SMILES string of the molecule is Cc1ccc(C)c(/C(O)=C2\C(=O)C(=O)N(Cc3ccco3)C2c2cccnc2)c1. The minimum atomic E-state index is -0.756. The van der Waals surface area contributed by atoms with Crippen LogP contribution in [-0.4, -0.2) is 26.7 Å². The van der Waals surface area contributed by atoms with Gasteiger partial charge in [0.25, 0.3) is 11.7 Å². The van der Waals surface area contributed by atoms with Crippen molar-refractivity contribution in [1.29, 1.82) is 0 Å². The van der Waals surface area contributed by atoms with Crippen molar-refractivity contribution in [2.75, 3.05) is 0 Å². The molecule has 0 radical (unpaired) electrons. The molecule has 0 saturated carbocycles. The van der Waals surface area contributed by atoms with Gasteiger partial charge in [-0.3, -0.25) is 14.6 Å². The monoisotopic (exact) mass is 388 g/mol. The second-order valence-electron chi connectivity index (χ2n) is 7.11. The molecule has 1 aromatic carbocycles. The Balaban J connectivity index is 1.90. The molecule has 3 aromatic rings. The number of nitrogens with zero attached hydrogens (tertiary/aromatic N) is 2. The second-order valence-corrected chi connectivity index (χ2v) is 7.11. The molecule has 1 atom stereocenters. The Morgan fingerprint density at radius 3 is 2.69 bits per heavy atom. The third-order valence-electron chi connectivity index (χ3n) is 5.09. The van der Waals surface area contributed by atoms with Crippen LogP contribution >= 0.6 is 0 Å². The standard InChI is InChI=1S/C23H20N2O4/c1-14-7-8-15(2)18(11-14)21(26)19-20(16-5-3-9-24-12-16)25(23(28)22(19)27)13-17-6-4-10-29-17/h3-12,20,26H,13H2,1-2H3/b21-19+. The van der Waals surface area contributed by atoms with Crippen LogP contribution in [0.4, 0.5) is 0 Å². The number of pyridine rings is 1. The molecule has 3 heterocycles. The van der Waals surface area contributed by atoms with Crippen molar-refractivity contribution >= 4 is 17.4 Å². The summed E-state index contributed by atoms with van der Waals surface area (Å²) in [5.74, 6) is -1.03. The summed E-state index contributed by atoms with van der Waals surface area (Å²) < 4.78 is 5.38. The van der Waals surface area contributed by atoms with E-state index in [1.54, 1.807) is 36.7 Å². The Bertz CT molecular complexity index is 1100. The van der Waals surface area contributed by atoms with Gasteiger partial charge in [0.15, 0.2) is 0 Å². The number of aliphatic hydroxyl groups excluding tert-OH is 1. The van der Waals surface area contributed by atoms with Crippen LogP contribution in [0, 0.1) is 13.8 Å². The minimum Gasteiger partial charge on any atom is -0.507 e. The topological polar surface area (TPSA) is 83.6 Å². The number of carbonyl (C=O) groups is 2. The number of aliphatic hydroxyl groups is 1. The highest BCUT2D eigenvalue weighted by Gasteiger charge is 2.46. The molecule has 0 spiro atoms. The van der Waals surface area contributed by atoms with Crippen molar-refractivity contribution < 1.29 is 19.1 Å². The van der Waals surface area contributed by atoms with Gasteiger partial charge in [-0.15, -0.1) is 0 Å². The molecule has 6 heteroatoms. The normalized spacial score (nSPS) is 18.4. The number of ketones is 1. The summed E-state index contributed by atoms with van der Waals surface area (Å²) in [6, 6.07) is 11.8. The van der Waals surface area contributed by atoms with Crippen LogP contribution in [0.2, 0.25) is 0 Å². The summed E-state index contributed by atoms with van der Waals surface area (Å²) in [4.78, 5) is 31.4. The maximum Gasteiger partial charge on any atom is 0.296 e. The third-order valence-corrected chi connectivity index (χ3v) is 5.09. The number of benzene rings is 1. The number of aryl methyl sites for hydroxylation is 2. The smallest absolute Gasteiger partial charge is 0.296 e. The van der Waals surface area contributed by atoms with Crippen LogP contribution < -0.4 is 0 Å². The fraction of sp³-hybridized carbons (Fsp3) is 0.174. The first-order valence-corrected chi connectivity index (χ1v) is 9.25. The maximum atomic E-state index is 13.0. The van der Waals surface area contributed by atoms with E-state index in [9.17, 15) is 14.7 Å². The van der Waals surface area contributed by atoms with Gasteiger partial charge in [0.2, 0.25) is 0 Å². The van der Waals surface area contributed by atoms with E-state index in [1.165, 1.54) is 11.2 Å². The Hall–Kier alpha value is -3.67. The van der Waals surface area contributed by atoms with Crippen LogP contribution in [0.25, 0.3) is 5.76 Å². The molecule has 1 aliphatic heterocycles. The van der Waals surface area contributed by atoms with Gasteiger partial charge in [-0.2, -0.15) is 0 Å². The zero-order chi connectivity index (χ0) is 20.5. The van der Waals surface area contributed by atoms with E-state index in [-0.39, 0.29) is 17.9 Å². The number of hydrogen-bond donors (Lipinski definition) is 1. The van der Waals surface area contributed by atoms with Crippen molar-refractivity contribution in [2.45, 2.75) is 26.4 Å². The fourth-order valence-electron chi connectivity index (χ4n) is 3.63. The van der Waals surface area contributed by atoms with E-state index in [0.717, 1.165) is 11.1 Å². The predicted molar refractivity (Wildman–Crippen MR) is 107 cm³/mol. The van der Waals surface area contributed by atoms with Crippen LogP contribution in [-0.2, 0) is 16.1 Å². The number of likely N-dealkylation sites (tertiary alicyclic amines) is 1. The van der Waals surface area contributed by atoms with E-state index in [2.05, 4.69) is 4.98 Å². The van der Waals surface area contributed by atoms with Gasteiger partial charge in [0.1, 0.15) is 11.5 Å². The number of rotatable bonds is 4. The molecule has 2 aromatic heterocycles. The largest absolute Gasteiger partial charge is 0.507 e. The lowest BCUT2D eigenvalue weighted by Crippen LogP contribution is -2.29. The molecule has 1 N–H and O–H groups in total. The van der Waals surface area contributed by atoms with Gasteiger partial charge in [0, 0.05) is 18.0 Å². The van der Waals surface area contributed by atoms with Crippen LogP contribution in [0.3, 0.4) is 0 Å². The summed E-state index contributed by atoms with van der Waals surface area (Å²) in [5, 5.41) is 11.1. The molecule has 1 amide bonds. The predicted octanol–water partition coefficient (Wildman–Crippen LogP) is 3.91. The van der Waals surface area contributed by atoms with Crippen molar-refractivity contribution in [1.82, 2.24) is 9.88 Å². The number of amides is 1. The van der Waals surface area contributed by atoms with E-state index in [1.807, 2.05) is 32.0 Å². The molecule has 29 heavy (non-hydrogen) atoms. The van der Waals surface area contributed by atoms with Gasteiger partial charge < -0.3 is 14.4 Å². The van der Waals surface area contributed by atoms with Crippen molar-refractivity contribution in [3.8, 4) is 0 Å². The zero-order valence-corrected chi connectivity index (χ0v) is 16.1. The van der Waals surface area contributed by atoms with Gasteiger partial charge in [-0.25, -0.2) is 0 Å². The highest BCUT2D eigenvalue weighted by atomic mass is 16.3. The maximum absolute atomic E-state index is 13.0. The Labute approximate surface area is 168 Å². The van der Waals surface area contributed by atoms with Crippen LogP contribution in [0.5, 0.6) is 0 Å². The summed E-state index contributed by atoms with van der Waals surface area (Å²) in [5.41, 5.74) is 3.00. The molecule has 4 rings (SSSR count). The number of furan rings is 1. The zero-order valence-electron chi connectivity index (χ0n) is 16.1. The lowest BCUT2D eigenvalue weighted by molar-refractivity contribution is -0.140. The van der Waals surface area contributed by atoms with Gasteiger partial charge in [0.05, 0.1) is 24.4 Å². The lowest BCUT2D eigenvalue weighted by atomic mass is 9.94. The summed E-state index contributed by atoms with van der Waals surface area (Å²) in [6.45, 7) is 3.87. The van der Waals surface area contributed by atoms with Gasteiger partial charge in [-0.05, 0) is 49.2 Å². The first-order chi connectivity index (χ1) is 14.0. The van der Waals surface area contributed by atoms with E-state index < -0.39 is 17.7 Å². The third kappa shape index (κ3) is 3.33. The highest BCUT2D eigenvalue weighted by Crippen LogP contribution is 2.40. The number of carbonyl (C=O) groups excluding carboxylic acids is 2. The number of aromatic nitrogens is 1. The average molecular weight is 388 g/mol. The summed E-state index contributed by atoms with van der Waals surface area (Å²) in [7, 11) is 0. The Morgan fingerprint density at radius 2 is 2.00 bits per heavy atom. The minimum absolute atomic E-state index is 0.0586. The molecule has 1 unspecified atom stereocenters. The van der Waals surface area contributed by atoms with Crippen molar-refractivity contribution in [3.63, 3.8) is 0 Å². The fourth-order valence-corrected chi connectivity index (χ4v) is 3.63. The average Bonchev–Trinajstić information content (AvgIpc) is 3.32. The number of Topliss-reactive ketones (excluding diaryl/α,β-unsaturated/α-hetero) is 1. The first-order valence-electron chi connectivity index (χ1n) is 9.25. The first kappa shape index (κ1) is 18.7. The summed E-state index contributed by atoms with van der Waals surface area (Å²) in [6.07, 6.45) is 4.73. The van der Waals surface area contributed by atoms with Crippen LogP contribution in [0.15, 0.2) is 71.1 Å². The number of hydrogen-bond acceptors (Lipinski definition) is 5. The molecule has 146 valence electrons. The Morgan fingerprint density at radius 1 is 1.17 bits per heavy atom. The molecular weight excluding hydrogens is 368 g/mol. The highest BCUT2D eigenvalue weighted by molar-refractivity contribution is 6.46. The van der Waals surface area contributed by atoms with Crippen molar-refractivity contribution in [3.05, 3.63) is 94.7 Å². The molecule has 1 fully saturated rings. The molecule has 0 aliphatic carbocycles. The molecule has 0 bridgehead atoms. The lowest BCUT2D eigenvalue weighted by Gasteiger charge is -2.24. The van der Waals surface area contributed by atoms with E-state index >= 15 is 0 Å². The quantitative estimate of drug-likeness (QED) is 0.416. The van der Waals surface area contributed by atoms with E-state index in [4.69, 9.17) is 4.42 Å².